The maximum Gasteiger partial charge on any atom is 0.123 e. The Bertz CT molecular complexity index is 446. The van der Waals surface area contributed by atoms with E-state index in [2.05, 4.69) is 28.4 Å². The van der Waals surface area contributed by atoms with E-state index in [1.54, 1.807) is 7.11 Å². The molecule has 1 saturated heterocycles. The largest absolute Gasteiger partial charge is 0.496 e. The molecule has 124 valence electrons. The van der Waals surface area contributed by atoms with Crippen LogP contribution in [0.2, 0.25) is 0 Å². The number of nitrogens with zero attached hydrogens (tertiary/aromatic N) is 1. The molecule has 5 heteroatoms. The van der Waals surface area contributed by atoms with Gasteiger partial charge in [-0.2, -0.15) is 0 Å². The zero-order valence-corrected chi connectivity index (χ0v) is 13.4. The fourth-order valence-electron chi connectivity index (χ4n) is 2.80. The molecule has 0 aliphatic carbocycles. The van der Waals surface area contributed by atoms with Crippen LogP contribution >= 0.6 is 0 Å². The van der Waals surface area contributed by atoms with Gasteiger partial charge in [-0.05, 0) is 37.4 Å². The number of rotatable bonds is 8. The highest BCUT2D eigenvalue weighted by Gasteiger charge is 2.17. The zero-order valence-electron chi connectivity index (χ0n) is 13.4. The van der Waals surface area contributed by atoms with E-state index < -0.39 is 0 Å². The summed E-state index contributed by atoms with van der Waals surface area (Å²) in [5.74, 6) is 0.908. The number of ether oxygens (including phenoxy) is 1. The van der Waals surface area contributed by atoms with Crippen molar-refractivity contribution in [2.45, 2.75) is 38.5 Å². The third-order valence-corrected chi connectivity index (χ3v) is 4.14. The van der Waals surface area contributed by atoms with Gasteiger partial charge >= 0.3 is 0 Å². The van der Waals surface area contributed by atoms with Gasteiger partial charge in [0, 0.05) is 38.3 Å². The lowest BCUT2D eigenvalue weighted by Crippen LogP contribution is -2.35. The molecule has 1 heterocycles. The molecule has 0 saturated carbocycles. The third kappa shape index (κ3) is 5.25. The molecular formula is C17H28N2O3. The molecule has 1 aromatic carbocycles. The molecule has 0 bridgehead atoms. The molecule has 2 rings (SSSR count). The van der Waals surface area contributed by atoms with Gasteiger partial charge in [0.2, 0.25) is 0 Å². The van der Waals surface area contributed by atoms with Crippen molar-refractivity contribution in [3.05, 3.63) is 29.3 Å². The van der Waals surface area contributed by atoms with Crippen LogP contribution in [0.25, 0.3) is 0 Å². The summed E-state index contributed by atoms with van der Waals surface area (Å²) in [5, 5.41) is 21.7. The van der Waals surface area contributed by atoms with Gasteiger partial charge in [-0.25, -0.2) is 0 Å². The van der Waals surface area contributed by atoms with Crippen LogP contribution in [-0.2, 0) is 13.1 Å². The topological polar surface area (TPSA) is 65.0 Å². The van der Waals surface area contributed by atoms with Crippen LogP contribution in [-0.4, -0.2) is 54.6 Å². The van der Waals surface area contributed by atoms with E-state index in [0.717, 1.165) is 63.3 Å². The molecule has 5 nitrogen and oxygen atoms in total. The Morgan fingerprint density at radius 2 is 2.09 bits per heavy atom. The van der Waals surface area contributed by atoms with Crippen LogP contribution in [0.5, 0.6) is 5.75 Å². The summed E-state index contributed by atoms with van der Waals surface area (Å²) in [6, 6.07) is 6.36. The first-order valence-corrected chi connectivity index (χ1v) is 8.10. The van der Waals surface area contributed by atoms with Crippen LogP contribution in [0.15, 0.2) is 18.2 Å². The molecule has 1 fully saturated rings. The second-order valence-electron chi connectivity index (χ2n) is 5.91. The lowest BCUT2D eigenvalue weighted by molar-refractivity contribution is 0.0792. The van der Waals surface area contributed by atoms with Crippen LogP contribution < -0.4 is 10.1 Å². The van der Waals surface area contributed by atoms with Gasteiger partial charge < -0.3 is 20.3 Å². The number of hydrogen-bond donors (Lipinski definition) is 3. The average molecular weight is 308 g/mol. The number of aliphatic hydroxyl groups excluding tert-OH is 2. The normalized spacial score (nSPS) is 16.9. The van der Waals surface area contributed by atoms with Crippen LogP contribution in [0.4, 0.5) is 0 Å². The predicted octanol–water partition coefficient (Wildman–Crippen LogP) is 1.12. The van der Waals surface area contributed by atoms with Crippen molar-refractivity contribution in [1.82, 2.24) is 10.2 Å². The number of nitrogens with one attached hydrogen (secondary N) is 1. The van der Waals surface area contributed by atoms with Gasteiger partial charge in [-0.15, -0.1) is 0 Å². The fraction of sp³-hybridized carbons (Fsp3) is 0.647. The first-order chi connectivity index (χ1) is 10.7. The molecule has 1 aliphatic heterocycles. The molecule has 1 aliphatic rings. The summed E-state index contributed by atoms with van der Waals surface area (Å²) >= 11 is 0. The maximum absolute atomic E-state index is 9.56. The second kappa shape index (κ2) is 9.10. The third-order valence-electron chi connectivity index (χ3n) is 4.14. The van der Waals surface area contributed by atoms with Gasteiger partial charge in [0.1, 0.15) is 5.75 Å². The first kappa shape index (κ1) is 17.2. The van der Waals surface area contributed by atoms with E-state index >= 15 is 0 Å². The summed E-state index contributed by atoms with van der Waals surface area (Å²) in [6.07, 6.45) is 2.37. The lowest BCUT2D eigenvalue weighted by atomic mass is 10.1. The molecule has 0 radical (unpaired) electrons. The highest BCUT2D eigenvalue weighted by atomic mass is 16.5. The van der Waals surface area contributed by atoms with Gasteiger partial charge in [0.25, 0.3) is 0 Å². The Balaban J connectivity index is 1.90. The van der Waals surface area contributed by atoms with Crippen LogP contribution in [0.1, 0.15) is 30.4 Å². The summed E-state index contributed by atoms with van der Waals surface area (Å²) in [6.45, 7) is 4.58. The Hall–Kier alpha value is -1.14. The van der Waals surface area contributed by atoms with E-state index in [1.165, 1.54) is 5.56 Å². The Labute approximate surface area is 132 Å². The summed E-state index contributed by atoms with van der Waals surface area (Å²) in [4.78, 5) is 2.38. The Morgan fingerprint density at radius 3 is 2.77 bits per heavy atom. The molecule has 0 atom stereocenters. The van der Waals surface area contributed by atoms with Crippen LogP contribution in [0, 0.1) is 0 Å². The van der Waals surface area contributed by atoms with Crippen molar-refractivity contribution in [3.63, 3.8) is 0 Å². The highest BCUT2D eigenvalue weighted by molar-refractivity contribution is 5.37. The minimum Gasteiger partial charge on any atom is -0.496 e. The van der Waals surface area contributed by atoms with E-state index in [4.69, 9.17) is 9.84 Å². The Kier molecular flexibility index (Phi) is 7.12. The lowest BCUT2D eigenvalue weighted by Gasteiger charge is -2.29. The quantitative estimate of drug-likeness (QED) is 0.628. The SMILES string of the molecule is COc1cc(CN2CCC(O)CC2)ccc1CNCCCO. The highest BCUT2D eigenvalue weighted by Crippen LogP contribution is 2.22. The predicted molar refractivity (Wildman–Crippen MR) is 86.9 cm³/mol. The van der Waals surface area contributed by atoms with E-state index in [0.29, 0.717) is 0 Å². The van der Waals surface area contributed by atoms with E-state index in [1.807, 2.05) is 0 Å². The van der Waals surface area contributed by atoms with Crippen molar-refractivity contribution in [1.29, 1.82) is 0 Å². The maximum atomic E-state index is 9.56. The van der Waals surface area contributed by atoms with Gasteiger partial charge in [0.15, 0.2) is 0 Å². The van der Waals surface area contributed by atoms with Crippen molar-refractivity contribution in [2.24, 2.45) is 0 Å². The van der Waals surface area contributed by atoms with Gasteiger partial charge in [-0.1, -0.05) is 12.1 Å². The number of piperidine rings is 1. The number of methoxy groups -OCH3 is 1. The smallest absolute Gasteiger partial charge is 0.123 e. The Morgan fingerprint density at radius 1 is 1.32 bits per heavy atom. The number of aliphatic hydroxyl groups is 2. The molecule has 0 unspecified atom stereocenters. The summed E-state index contributed by atoms with van der Waals surface area (Å²) in [5.41, 5.74) is 2.38. The van der Waals surface area contributed by atoms with Crippen molar-refractivity contribution >= 4 is 0 Å². The van der Waals surface area contributed by atoms with E-state index in [9.17, 15) is 5.11 Å². The number of benzene rings is 1. The number of likely N-dealkylation sites (tertiary alicyclic amines) is 1. The zero-order chi connectivity index (χ0) is 15.8. The molecule has 3 N–H and O–H groups in total. The van der Waals surface area contributed by atoms with Crippen molar-refractivity contribution in [2.75, 3.05) is 33.4 Å². The summed E-state index contributed by atoms with van der Waals surface area (Å²) in [7, 11) is 1.70. The number of hydrogen-bond acceptors (Lipinski definition) is 5. The molecule has 0 aromatic heterocycles. The summed E-state index contributed by atoms with van der Waals surface area (Å²) < 4.78 is 5.50. The minimum absolute atomic E-state index is 0.127. The van der Waals surface area contributed by atoms with Crippen molar-refractivity contribution in [3.8, 4) is 5.75 Å². The van der Waals surface area contributed by atoms with Crippen LogP contribution in [0.3, 0.4) is 0 Å². The van der Waals surface area contributed by atoms with Crippen molar-refractivity contribution < 1.29 is 14.9 Å². The standard InChI is InChI=1S/C17H28N2O3/c1-22-17-11-14(13-19-8-5-16(21)6-9-19)3-4-15(17)12-18-7-2-10-20/h3-4,11,16,18,20-21H,2,5-10,12-13H2,1H3. The molecular weight excluding hydrogens is 280 g/mol. The molecule has 0 spiro atoms. The molecule has 0 amide bonds. The minimum atomic E-state index is -0.127. The van der Waals surface area contributed by atoms with Gasteiger partial charge in [-0.3, -0.25) is 4.90 Å². The van der Waals surface area contributed by atoms with Gasteiger partial charge in [0.05, 0.1) is 13.2 Å². The molecule has 22 heavy (non-hydrogen) atoms. The fourth-order valence-corrected chi connectivity index (χ4v) is 2.80. The molecule has 1 aromatic rings. The average Bonchev–Trinajstić information content (AvgIpc) is 2.54. The van der Waals surface area contributed by atoms with E-state index in [-0.39, 0.29) is 12.7 Å². The monoisotopic (exact) mass is 308 g/mol. The second-order valence-corrected chi connectivity index (χ2v) is 5.91. The first-order valence-electron chi connectivity index (χ1n) is 8.10.